The van der Waals surface area contributed by atoms with Crippen molar-refractivity contribution in [2.75, 3.05) is 52.9 Å². The van der Waals surface area contributed by atoms with E-state index in [1.807, 2.05) is 6.92 Å². The number of hydrogen-bond donors (Lipinski definition) is 1. The largest absolute Gasteiger partial charge is 0.462 e. The summed E-state index contributed by atoms with van der Waals surface area (Å²) in [6.45, 7) is 7.44. The zero-order valence-corrected chi connectivity index (χ0v) is 20.8. The lowest BCUT2D eigenvalue weighted by molar-refractivity contribution is -0.120. The number of nitrogens with zero attached hydrogens (tertiary/aromatic N) is 4. The molecule has 1 aliphatic heterocycles. The summed E-state index contributed by atoms with van der Waals surface area (Å²) in [5.41, 5.74) is 1.24. The molecule has 2 aliphatic rings. The molecule has 1 aromatic carbocycles. The molecule has 1 aromatic heterocycles. The molecule has 1 unspecified atom stereocenters. The summed E-state index contributed by atoms with van der Waals surface area (Å²) in [7, 11) is 2.11. The first-order chi connectivity index (χ1) is 17.3. The van der Waals surface area contributed by atoms with Gasteiger partial charge in [-0.25, -0.2) is 9.37 Å². The summed E-state index contributed by atoms with van der Waals surface area (Å²) in [6, 6.07) is 7.06. The number of amides is 1. The van der Waals surface area contributed by atoms with Crippen molar-refractivity contribution >= 4 is 5.91 Å². The van der Waals surface area contributed by atoms with Crippen molar-refractivity contribution in [2.45, 2.75) is 19.8 Å². The fourth-order valence-corrected chi connectivity index (χ4v) is 4.30. The Hall–Kier alpha value is -3.17. The minimum atomic E-state index is -0.653. The van der Waals surface area contributed by atoms with Crippen molar-refractivity contribution in [3.63, 3.8) is 0 Å². The van der Waals surface area contributed by atoms with Gasteiger partial charge in [0.2, 0.25) is 11.9 Å². The first-order valence-corrected chi connectivity index (χ1v) is 12.3. The Morgan fingerprint density at radius 2 is 1.92 bits per heavy atom. The number of ether oxygens (including phenoxy) is 1. The number of halogens is 2. The topological polar surface area (TPSA) is 70.6 Å². The Labute approximate surface area is 210 Å². The van der Waals surface area contributed by atoms with E-state index < -0.39 is 11.4 Å². The van der Waals surface area contributed by atoms with Crippen LogP contribution in [0.3, 0.4) is 0 Å². The number of likely N-dealkylation sites (N-methyl/N-ethyl adjacent to an activating group) is 1. The normalized spacial score (nSPS) is 20.7. The minimum Gasteiger partial charge on any atom is -0.462 e. The predicted octanol–water partition coefficient (Wildman–Crippen LogP) is 3.39. The fraction of sp³-hybridized carbons (Fsp3) is 0.444. The molecule has 36 heavy (non-hydrogen) atoms. The Morgan fingerprint density at radius 1 is 1.17 bits per heavy atom. The standard InChI is InChI=1S/C27H33F2N5O2/c1-27(9-3-4-22(28)17-27)19-31-24(35)16-20-5-7-21(8-6-20)23-18-30-26(32-25(23)29)36-15-14-34-12-10-33(2)11-13-34/h3-8,17-18H,9-16,19H2,1-2H3,(H,31,35). The van der Waals surface area contributed by atoms with E-state index in [4.69, 9.17) is 4.74 Å². The molecule has 0 bridgehead atoms. The first-order valence-electron chi connectivity index (χ1n) is 12.3. The minimum absolute atomic E-state index is 0.0237. The van der Waals surface area contributed by atoms with Crippen molar-refractivity contribution in [1.82, 2.24) is 25.1 Å². The smallest absolute Gasteiger partial charge is 0.319 e. The molecule has 4 rings (SSSR count). The maximum atomic E-state index is 14.7. The first kappa shape index (κ1) is 25.9. The van der Waals surface area contributed by atoms with Crippen molar-refractivity contribution in [3.8, 4) is 17.1 Å². The molecule has 0 radical (unpaired) electrons. The van der Waals surface area contributed by atoms with E-state index in [-0.39, 0.29) is 29.7 Å². The third-order valence-corrected chi connectivity index (χ3v) is 6.62. The molecule has 2 aromatic rings. The van der Waals surface area contributed by atoms with Crippen LogP contribution in [-0.2, 0) is 11.2 Å². The highest BCUT2D eigenvalue weighted by molar-refractivity contribution is 5.79. The summed E-state index contributed by atoms with van der Waals surface area (Å²) in [5, 5.41) is 2.88. The lowest BCUT2D eigenvalue weighted by Crippen LogP contribution is -2.45. The van der Waals surface area contributed by atoms with Gasteiger partial charge in [-0.2, -0.15) is 9.37 Å². The molecule has 9 heteroatoms. The van der Waals surface area contributed by atoms with Gasteiger partial charge in [0.25, 0.3) is 0 Å². The zero-order valence-electron chi connectivity index (χ0n) is 20.8. The van der Waals surface area contributed by atoms with Gasteiger partial charge in [-0.05, 0) is 36.7 Å². The highest BCUT2D eigenvalue weighted by Gasteiger charge is 2.24. The number of piperazine rings is 1. The molecular weight excluding hydrogens is 464 g/mol. The molecule has 1 amide bonds. The summed E-state index contributed by atoms with van der Waals surface area (Å²) >= 11 is 0. The second-order valence-corrected chi connectivity index (χ2v) is 9.79. The Balaban J connectivity index is 1.26. The lowest BCUT2D eigenvalue weighted by Gasteiger charge is -2.31. The molecule has 1 saturated heterocycles. The molecule has 0 spiro atoms. The van der Waals surface area contributed by atoms with Crippen LogP contribution >= 0.6 is 0 Å². The highest BCUT2D eigenvalue weighted by atomic mass is 19.1. The Bertz CT molecular complexity index is 1110. The van der Waals surface area contributed by atoms with Crippen LogP contribution in [0.15, 0.2) is 54.5 Å². The molecular formula is C27H33F2N5O2. The van der Waals surface area contributed by atoms with Crippen molar-refractivity contribution < 1.29 is 18.3 Å². The van der Waals surface area contributed by atoms with Crippen LogP contribution in [0.4, 0.5) is 8.78 Å². The number of allylic oxidation sites excluding steroid dienone is 3. The quantitative estimate of drug-likeness (QED) is 0.536. The van der Waals surface area contributed by atoms with Gasteiger partial charge in [0.05, 0.1) is 12.0 Å². The Kier molecular flexibility index (Phi) is 8.43. The lowest BCUT2D eigenvalue weighted by atomic mass is 9.83. The predicted molar refractivity (Wildman–Crippen MR) is 135 cm³/mol. The molecule has 1 N–H and O–H groups in total. The molecule has 7 nitrogen and oxygen atoms in total. The van der Waals surface area contributed by atoms with Crippen molar-refractivity contribution in [2.24, 2.45) is 5.41 Å². The van der Waals surface area contributed by atoms with Gasteiger partial charge in [-0.15, -0.1) is 0 Å². The number of rotatable bonds is 9. The third kappa shape index (κ3) is 7.18. The van der Waals surface area contributed by atoms with Gasteiger partial charge in [0, 0.05) is 50.9 Å². The summed E-state index contributed by atoms with van der Waals surface area (Å²) in [6.07, 6.45) is 7.02. The van der Waals surface area contributed by atoms with Gasteiger partial charge < -0.3 is 15.0 Å². The van der Waals surface area contributed by atoms with Crippen LogP contribution in [-0.4, -0.2) is 78.6 Å². The number of carbonyl (C=O) groups excluding carboxylic acids is 1. The molecule has 1 fully saturated rings. The second kappa shape index (κ2) is 11.7. The molecule has 2 heterocycles. The average molecular weight is 498 g/mol. The van der Waals surface area contributed by atoms with Crippen molar-refractivity contribution in [3.05, 3.63) is 66.0 Å². The second-order valence-electron chi connectivity index (χ2n) is 9.79. The van der Waals surface area contributed by atoms with Crippen molar-refractivity contribution in [1.29, 1.82) is 0 Å². The number of carbonyl (C=O) groups is 1. The molecule has 1 atom stereocenters. The molecule has 0 saturated carbocycles. The number of benzene rings is 1. The highest BCUT2D eigenvalue weighted by Crippen LogP contribution is 2.29. The van der Waals surface area contributed by atoms with E-state index in [0.717, 1.165) is 38.3 Å². The van der Waals surface area contributed by atoms with E-state index in [2.05, 4.69) is 32.1 Å². The number of aromatic nitrogens is 2. The number of hydrogen-bond acceptors (Lipinski definition) is 6. The van der Waals surface area contributed by atoms with E-state index in [0.29, 0.717) is 25.1 Å². The molecule has 192 valence electrons. The maximum Gasteiger partial charge on any atom is 0.319 e. The van der Waals surface area contributed by atoms with Crippen LogP contribution in [0.25, 0.3) is 11.1 Å². The van der Waals surface area contributed by atoms with E-state index in [9.17, 15) is 13.6 Å². The zero-order chi connectivity index (χ0) is 25.5. The average Bonchev–Trinajstić information content (AvgIpc) is 2.85. The van der Waals surface area contributed by atoms with Gasteiger partial charge in [0.15, 0.2) is 0 Å². The van der Waals surface area contributed by atoms with Crippen LogP contribution < -0.4 is 10.1 Å². The van der Waals surface area contributed by atoms with E-state index in [1.165, 1.54) is 12.3 Å². The Morgan fingerprint density at radius 3 is 2.61 bits per heavy atom. The third-order valence-electron chi connectivity index (χ3n) is 6.62. The summed E-state index contributed by atoms with van der Waals surface area (Å²) in [5.74, 6) is -1.09. The van der Waals surface area contributed by atoms with Crippen LogP contribution in [0.1, 0.15) is 18.9 Å². The van der Waals surface area contributed by atoms with Gasteiger partial charge in [0.1, 0.15) is 12.4 Å². The molecule has 1 aliphatic carbocycles. The van der Waals surface area contributed by atoms with Gasteiger partial charge in [-0.1, -0.05) is 37.3 Å². The SMILES string of the molecule is CN1CCN(CCOc2ncc(-c3ccc(CC(=O)NCC4(C)C=C(F)C=CC4)cc3)c(F)n2)CC1. The van der Waals surface area contributed by atoms with Crippen LogP contribution in [0, 0.1) is 11.4 Å². The van der Waals surface area contributed by atoms with Gasteiger partial charge in [-0.3, -0.25) is 9.69 Å². The fourth-order valence-electron chi connectivity index (χ4n) is 4.30. The maximum absolute atomic E-state index is 14.7. The number of nitrogens with one attached hydrogen (secondary N) is 1. The van der Waals surface area contributed by atoms with Crippen LogP contribution in [0.5, 0.6) is 6.01 Å². The van der Waals surface area contributed by atoms with Crippen LogP contribution in [0.2, 0.25) is 0 Å². The summed E-state index contributed by atoms with van der Waals surface area (Å²) in [4.78, 5) is 25.0. The van der Waals surface area contributed by atoms with E-state index >= 15 is 0 Å². The van der Waals surface area contributed by atoms with E-state index in [1.54, 1.807) is 36.4 Å². The monoisotopic (exact) mass is 497 g/mol. The summed E-state index contributed by atoms with van der Waals surface area (Å²) < 4.78 is 33.8. The van der Waals surface area contributed by atoms with Gasteiger partial charge >= 0.3 is 6.01 Å².